The molecule has 0 spiro atoms. The first-order chi connectivity index (χ1) is 9.34. The van der Waals surface area contributed by atoms with E-state index in [-0.39, 0.29) is 0 Å². The Morgan fingerprint density at radius 3 is 3.00 bits per heavy atom. The molecule has 5 heteroatoms. The van der Waals surface area contributed by atoms with E-state index in [1.54, 1.807) is 6.26 Å². The molecule has 5 nitrogen and oxygen atoms in total. The number of fused-ring (bicyclic) bond motifs is 2. The van der Waals surface area contributed by atoms with Gasteiger partial charge >= 0.3 is 0 Å². The second kappa shape index (κ2) is 3.85. The molecule has 3 N–H and O–H groups in total. The fraction of sp³-hybridized carbons (Fsp3) is 0.286. The monoisotopic (exact) mass is 254 g/mol. The Balaban J connectivity index is 2.14. The first kappa shape index (κ1) is 10.6. The maximum absolute atomic E-state index is 6.02. The molecule has 4 rings (SSSR count). The zero-order valence-electron chi connectivity index (χ0n) is 10.4. The van der Waals surface area contributed by atoms with Gasteiger partial charge in [0.05, 0.1) is 11.6 Å². The second-order valence-electron chi connectivity index (χ2n) is 4.93. The van der Waals surface area contributed by atoms with E-state index in [1.807, 2.05) is 12.1 Å². The van der Waals surface area contributed by atoms with E-state index in [0.717, 1.165) is 35.2 Å². The van der Waals surface area contributed by atoms with Gasteiger partial charge in [-0.2, -0.15) is 5.10 Å². The lowest BCUT2D eigenvalue weighted by atomic mass is 9.90. The van der Waals surface area contributed by atoms with Gasteiger partial charge < -0.3 is 10.2 Å². The Bertz CT molecular complexity index is 742. The number of nitrogen functional groups attached to an aromatic ring is 1. The van der Waals surface area contributed by atoms with Crippen molar-refractivity contribution in [2.24, 2.45) is 0 Å². The van der Waals surface area contributed by atoms with Gasteiger partial charge in [-0.15, -0.1) is 0 Å². The molecule has 0 saturated carbocycles. The van der Waals surface area contributed by atoms with Gasteiger partial charge in [0.15, 0.2) is 5.65 Å². The molecular formula is C14H14N4O. The summed E-state index contributed by atoms with van der Waals surface area (Å²) in [6.45, 7) is 0. The molecule has 3 heterocycles. The number of rotatable bonds is 1. The van der Waals surface area contributed by atoms with Crippen LogP contribution >= 0.6 is 0 Å². The van der Waals surface area contributed by atoms with E-state index in [4.69, 9.17) is 10.2 Å². The molecule has 0 aliphatic heterocycles. The second-order valence-corrected chi connectivity index (χ2v) is 4.93. The molecule has 1 aliphatic rings. The van der Waals surface area contributed by atoms with Crippen molar-refractivity contribution in [3.63, 3.8) is 0 Å². The third kappa shape index (κ3) is 1.47. The summed E-state index contributed by atoms with van der Waals surface area (Å²) in [6.07, 6.45) is 6.09. The lowest BCUT2D eigenvalue weighted by Gasteiger charge is -2.18. The highest BCUT2D eigenvalue weighted by atomic mass is 16.3. The lowest BCUT2D eigenvalue weighted by Crippen LogP contribution is -2.08. The molecule has 96 valence electrons. The maximum atomic E-state index is 6.02. The number of hydrogen-bond acceptors (Lipinski definition) is 4. The van der Waals surface area contributed by atoms with Gasteiger partial charge in [-0.3, -0.25) is 5.10 Å². The van der Waals surface area contributed by atoms with Crippen LogP contribution in [0.2, 0.25) is 0 Å². The molecule has 0 bridgehead atoms. The van der Waals surface area contributed by atoms with Crippen LogP contribution in [0.15, 0.2) is 22.8 Å². The number of pyridine rings is 1. The summed E-state index contributed by atoms with van der Waals surface area (Å²) in [5, 5.41) is 7.90. The molecule has 0 fully saturated rings. The van der Waals surface area contributed by atoms with Gasteiger partial charge in [-0.05, 0) is 43.4 Å². The van der Waals surface area contributed by atoms with Crippen LogP contribution in [0.1, 0.15) is 24.1 Å². The number of nitrogens with two attached hydrogens (primary N) is 1. The zero-order valence-corrected chi connectivity index (χ0v) is 10.4. The fourth-order valence-corrected chi connectivity index (χ4v) is 2.93. The highest BCUT2D eigenvalue weighted by Crippen LogP contribution is 2.38. The average Bonchev–Trinajstić information content (AvgIpc) is 3.07. The smallest absolute Gasteiger partial charge is 0.184 e. The van der Waals surface area contributed by atoms with Gasteiger partial charge in [-0.1, -0.05) is 0 Å². The number of anilines is 1. The van der Waals surface area contributed by atoms with Crippen molar-refractivity contribution in [1.29, 1.82) is 0 Å². The molecule has 0 unspecified atom stereocenters. The lowest BCUT2D eigenvalue weighted by molar-refractivity contribution is 0.580. The third-order valence-corrected chi connectivity index (χ3v) is 3.77. The predicted molar refractivity (Wildman–Crippen MR) is 72.6 cm³/mol. The standard InChI is InChI=1S/C14H14N4O/c15-13-12-11(10-6-3-7-19-10)8-4-1-2-5-9(8)16-14(12)18-17-13/h3,6-7H,1-2,4-5H2,(H3,15,16,17,18). The molecule has 1 aliphatic carbocycles. The van der Waals surface area contributed by atoms with Crippen LogP contribution in [-0.2, 0) is 12.8 Å². The van der Waals surface area contributed by atoms with E-state index >= 15 is 0 Å². The van der Waals surface area contributed by atoms with Crippen LogP contribution in [0.25, 0.3) is 22.4 Å². The minimum Gasteiger partial charge on any atom is -0.464 e. The fourth-order valence-electron chi connectivity index (χ4n) is 2.93. The highest BCUT2D eigenvalue weighted by Gasteiger charge is 2.23. The van der Waals surface area contributed by atoms with Crippen LogP contribution < -0.4 is 5.73 Å². The molecule has 3 aromatic heterocycles. The van der Waals surface area contributed by atoms with Crippen LogP contribution in [-0.4, -0.2) is 15.2 Å². The molecule has 0 aromatic carbocycles. The number of nitrogens with zero attached hydrogens (tertiary/aromatic N) is 2. The highest BCUT2D eigenvalue weighted by molar-refractivity contribution is 6.00. The van der Waals surface area contributed by atoms with E-state index < -0.39 is 0 Å². The first-order valence-corrected chi connectivity index (χ1v) is 6.54. The van der Waals surface area contributed by atoms with E-state index in [2.05, 4.69) is 15.2 Å². The molecule has 19 heavy (non-hydrogen) atoms. The summed E-state index contributed by atoms with van der Waals surface area (Å²) in [5.74, 6) is 1.40. The Hall–Kier alpha value is -2.30. The summed E-state index contributed by atoms with van der Waals surface area (Å²) in [6, 6.07) is 3.86. The van der Waals surface area contributed by atoms with Crippen molar-refractivity contribution in [2.45, 2.75) is 25.7 Å². The van der Waals surface area contributed by atoms with Crippen molar-refractivity contribution in [2.75, 3.05) is 5.73 Å². The predicted octanol–water partition coefficient (Wildman–Crippen LogP) is 2.68. The van der Waals surface area contributed by atoms with Crippen LogP contribution in [0.3, 0.4) is 0 Å². The van der Waals surface area contributed by atoms with E-state index in [0.29, 0.717) is 11.5 Å². The van der Waals surface area contributed by atoms with E-state index in [9.17, 15) is 0 Å². The Morgan fingerprint density at radius 2 is 2.16 bits per heavy atom. The van der Waals surface area contributed by atoms with Gasteiger partial charge in [0.2, 0.25) is 0 Å². The van der Waals surface area contributed by atoms with Gasteiger partial charge in [0.1, 0.15) is 11.6 Å². The third-order valence-electron chi connectivity index (χ3n) is 3.77. The number of aromatic nitrogens is 3. The number of nitrogens with one attached hydrogen (secondary N) is 1. The molecule has 3 aromatic rings. The Kier molecular flexibility index (Phi) is 2.15. The zero-order chi connectivity index (χ0) is 12.8. The number of aromatic amines is 1. The van der Waals surface area contributed by atoms with Crippen molar-refractivity contribution >= 4 is 16.9 Å². The van der Waals surface area contributed by atoms with Crippen molar-refractivity contribution in [3.8, 4) is 11.3 Å². The van der Waals surface area contributed by atoms with Gasteiger partial charge in [0.25, 0.3) is 0 Å². The van der Waals surface area contributed by atoms with Crippen LogP contribution in [0, 0.1) is 0 Å². The number of furan rings is 1. The molecule has 0 amide bonds. The average molecular weight is 254 g/mol. The van der Waals surface area contributed by atoms with Gasteiger partial charge in [0, 0.05) is 11.3 Å². The van der Waals surface area contributed by atoms with Crippen LogP contribution in [0.5, 0.6) is 0 Å². The molecular weight excluding hydrogens is 240 g/mol. The summed E-state index contributed by atoms with van der Waals surface area (Å²) in [7, 11) is 0. The topological polar surface area (TPSA) is 80.7 Å². The van der Waals surface area contributed by atoms with Crippen molar-refractivity contribution in [3.05, 3.63) is 29.7 Å². The quantitative estimate of drug-likeness (QED) is 0.699. The summed E-state index contributed by atoms with van der Waals surface area (Å²) in [5.41, 5.74) is 10.2. The first-order valence-electron chi connectivity index (χ1n) is 6.54. The van der Waals surface area contributed by atoms with E-state index in [1.165, 1.54) is 18.4 Å². The summed E-state index contributed by atoms with van der Waals surface area (Å²) in [4.78, 5) is 4.64. The number of aryl methyl sites for hydroxylation is 1. The number of hydrogen-bond donors (Lipinski definition) is 2. The van der Waals surface area contributed by atoms with Crippen molar-refractivity contribution in [1.82, 2.24) is 15.2 Å². The number of H-pyrrole nitrogens is 1. The summed E-state index contributed by atoms with van der Waals surface area (Å²) >= 11 is 0. The molecule has 0 atom stereocenters. The maximum Gasteiger partial charge on any atom is 0.184 e. The van der Waals surface area contributed by atoms with Crippen LogP contribution in [0.4, 0.5) is 5.82 Å². The van der Waals surface area contributed by atoms with Gasteiger partial charge in [-0.25, -0.2) is 4.98 Å². The minimum absolute atomic E-state index is 0.558. The normalized spacial score (nSPS) is 14.7. The Morgan fingerprint density at radius 1 is 1.26 bits per heavy atom. The van der Waals surface area contributed by atoms with Crippen molar-refractivity contribution < 1.29 is 4.42 Å². The SMILES string of the molecule is Nc1[nH]nc2nc3c(c(-c4ccco4)c12)CCCC3. The summed E-state index contributed by atoms with van der Waals surface area (Å²) < 4.78 is 5.59. The molecule has 0 saturated heterocycles. The Labute approximate surface area is 109 Å². The molecule has 0 radical (unpaired) electrons. The minimum atomic E-state index is 0.558. The largest absolute Gasteiger partial charge is 0.464 e.